The first-order valence-corrected chi connectivity index (χ1v) is 7.98. The fourth-order valence-corrected chi connectivity index (χ4v) is 3.63. The van der Waals surface area contributed by atoms with E-state index in [1.165, 1.54) is 38.2 Å². The van der Waals surface area contributed by atoms with Gasteiger partial charge in [0.05, 0.1) is 18.1 Å². The molecule has 4 nitrogen and oxygen atoms in total. The molecule has 1 aromatic carbocycles. The van der Waals surface area contributed by atoms with E-state index in [1.54, 1.807) is 13.2 Å². The minimum Gasteiger partial charge on any atom is -0.496 e. The van der Waals surface area contributed by atoms with Crippen LogP contribution in [0.1, 0.15) is 37.7 Å². The van der Waals surface area contributed by atoms with Crippen LogP contribution in [0, 0.1) is 16.0 Å². The molecule has 0 aromatic heterocycles. The number of alkyl halides is 1. The maximum atomic E-state index is 11.0. The Kier molecular flexibility index (Phi) is 5.40. The first-order valence-electron chi connectivity index (χ1n) is 7.06. The van der Waals surface area contributed by atoms with Crippen molar-refractivity contribution in [3.05, 3.63) is 33.9 Å². The Hall–Kier alpha value is -1.10. The van der Waals surface area contributed by atoms with Gasteiger partial charge in [0.25, 0.3) is 5.69 Å². The minimum absolute atomic E-state index is 0.110. The summed E-state index contributed by atoms with van der Waals surface area (Å²) in [6, 6.07) is 5.06. The summed E-state index contributed by atoms with van der Waals surface area (Å²) in [7, 11) is 1.54. The number of methoxy groups -OCH3 is 1. The van der Waals surface area contributed by atoms with Gasteiger partial charge in [0, 0.05) is 10.9 Å². The van der Waals surface area contributed by atoms with E-state index in [0.29, 0.717) is 16.5 Å². The van der Waals surface area contributed by atoms with Crippen molar-refractivity contribution in [3.8, 4) is 5.75 Å². The highest BCUT2D eigenvalue weighted by Crippen LogP contribution is 2.33. The van der Waals surface area contributed by atoms with Crippen LogP contribution in [0.2, 0.25) is 0 Å². The molecule has 110 valence electrons. The van der Waals surface area contributed by atoms with Gasteiger partial charge in [0.1, 0.15) is 5.75 Å². The Bertz CT molecular complexity index is 478. The third-order valence-corrected chi connectivity index (χ3v) is 5.17. The minimum atomic E-state index is -0.356. The second-order valence-corrected chi connectivity index (χ2v) is 6.59. The Morgan fingerprint density at radius 1 is 1.30 bits per heavy atom. The predicted molar refractivity (Wildman–Crippen MR) is 82.6 cm³/mol. The number of nitro benzene ring substituents is 1. The van der Waals surface area contributed by atoms with E-state index >= 15 is 0 Å². The van der Waals surface area contributed by atoms with Crippen molar-refractivity contribution in [2.24, 2.45) is 5.92 Å². The molecule has 1 aliphatic carbocycles. The number of hydrogen-bond donors (Lipinski definition) is 0. The van der Waals surface area contributed by atoms with Gasteiger partial charge in [-0.05, 0) is 36.8 Å². The smallest absolute Gasteiger partial charge is 0.273 e. The van der Waals surface area contributed by atoms with Crippen molar-refractivity contribution < 1.29 is 9.66 Å². The van der Waals surface area contributed by atoms with Gasteiger partial charge in [0.15, 0.2) is 0 Å². The molecule has 0 heterocycles. The maximum absolute atomic E-state index is 11.0. The quantitative estimate of drug-likeness (QED) is 0.351. The van der Waals surface area contributed by atoms with Crippen molar-refractivity contribution in [2.45, 2.75) is 43.4 Å². The lowest BCUT2D eigenvalue weighted by Crippen LogP contribution is -2.15. The Morgan fingerprint density at radius 2 is 2.05 bits per heavy atom. The number of nitro groups is 1. The van der Waals surface area contributed by atoms with Crippen molar-refractivity contribution in [1.29, 1.82) is 0 Å². The molecule has 2 atom stereocenters. The zero-order valence-corrected chi connectivity index (χ0v) is 13.3. The number of nitrogens with zero attached hydrogens (tertiary/aromatic N) is 1. The van der Waals surface area contributed by atoms with Gasteiger partial charge in [-0.2, -0.15) is 0 Å². The van der Waals surface area contributed by atoms with E-state index in [9.17, 15) is 10.1 Å². The van der Waals surface area contributed by atoms with E-state index in [0.717, 1.165) is 12.0 Å². The summed E-state index contributed by atoms with van der Waals surface area (Å²) >= 11 is 3.78. The fraction of sp³-hybridized carbons (Fsp3) is 0.600. The van der Waals surface area contributed by atoms with Crippen molar-refractivity contribution in [1.82, 2.24) is 0 Å². The van der Waals surface area contributed by atoms with Crippen LogP contribution in [0.3, 0.4) is 0 Å². The number of halogens is 1. The average molecular weight is 342 g/mol. The van der Waals surface area contributed by atoms with Crippen molar-refractivity contribution >= 4 is 21.6 Å². The molecule has 20 heavy (non-hydrogen) atoms. The van der Waals surface area contributed by atoms with Crippen LogP contribution < -0.4 is 4.74 Å². The van der Waals surface area contributed by atoms with Gasteiger partial charge in [-0.1, -0.05) is 35.2 Å². The summed E-state index contributed by atoms with van der Waals surface area (Å²) in [5.74, 6) is 1.11. The highest BCUT2D eigenvalue weighted by atomic mass is 79.9. The zero-order chi connectivity index (χ0) is 14.5. The first kappa shape index (κ1) is 15.3. The molecule has 1 aliphatic rings. The van der Waals surface area contributed by atoms with E-state index < -0.39 is 0 Å². The molecule has 2 rings (SSSR count). The molecule has 0 radical (unpaired) electrons. The maximum Gasteiger partial charge on any atom is 0.273 e. The van der Waals surface area contributed by atoms with Gasteiger partial charge in [-0.25, -0.2) is 0 Å². The van der Waals surface area contributed by atoms with Crippen LogP contribution in [0.5, 0.6) is 5.75 Å². The summed E-state index contributed by atoms with van der Waals surface area (Å²) in [6.45, 7) is 0. The number of hydrogen-bond acceptors (Lipinski definition) is 3. The molecule has 0 saturated heterocycles. The SMILES string of the molecule is COc1cc(CC2CCCCCC2Br)cc([N+](=O)[O-])c1. The van der Waals surface area contributed by atoms with Crippen molar-refractivity contribution in [3.63, 3.8) is 0 Å². The van der Waals surface area contributed by atoms with Gasteiger partial charge in [-0.15, -0.1) is 0 Å². The van der Waals surface area contributed by atoms with Crippen molar-refractivity contribution in [2.75, 3.05) is 7.11 Å². The van der Waals surface area contributed by atoms with E-state index in [1.807, 2.05) is 6.07 Å². The van der Waals surface area contributed by atoms with E-state index in [-0.39, 0.29) is 10.6 Å². The summed E-state index contributed by atoms with van der Waals surface area (Å²) in [5.41, 5.74) is 1.10. The van der Waals surface area contributed by atoms with Gasteiger partial charge in [-0.3, -0.25) is 10.1 Å². The number of benzene rings is 1. The standard InChI is InChI=1S/C15H20BrNO3/c1-20-14-9-11(8-13(10-14)17(18)19)7-12-5-3-2-4-6-15(12)16/h8-10,12,15H,2-7H2,1H3. The molecule has 5 heteroatoms. The lowest BCUT2D eigenvalue weighted by Gasteiger charge is -2.20. The molecule has 0 spiro atoms. The van der Waals surface area contributed by atoms with Crippen LogP contribution in [0.4, 0.5) is 5.69 Å². The second kappa shape index (κ2) is 7.07. The van der Waals surface area contributed by atoms with Gasteiger partial charge in [0.2, 0.25) is 0 Å². The predicted octanol–water partition coefficient (Wildman–Crippen LogP) is 4.49. The molecule has 1 saturated carbocycles. The Balaban J connectivity index is 2.18. The van der Waals surface area contributed by atoms with Gasteiger partial charge >= 0.3 is 0 Å². The summed E-state index contributed by atoms with van der Waals surface area (Å²) in [4.78, 5) is 11.1. The monoisotopic (exact) mass is 341 g/mol. The number of non-ortho nitro benzene ring substituents is 1. The molecule has 1 aromatic rings. The summed E-state index contributed by atoms with van der Waals surface area (Å²) < 4.78 is 5.17. The molecule has 0 bridgehead atoms. The van der Waals surface area contributed by atoms with Crippen LogP contribution in [-0.4, -0.2) is 16.9 Å². The third kappa shape index (κ3) is 3.95. The summed E-state index contributed by atoms with van der Waals surface area (Å²) in [6.07, 6.45) is 7.05. The molecular formula is C15H20BrNO3. The van der Waals surface area contributed by atoms with Crippen LogP contribution >= 0.6 is 15.9 Å². The Morgan fingerprint density at radius 3 is 2.75 bits per heavy atom. The summed E-state index contributed by atoms with van der Waals surface area (Å²) in [5, 5.41) is 11.0. The number of ether oxygens (including phenoxy) is 1. The van der Waals surface area contributed by atoms with Crippen LogP contribution in [-0.2, 0) is 6.42 Å². The van der Waals surface area contributed by atoms with E-state index in [2.05, 4.69) is 15.9 Å². The molecule has 0 aliphatic heterocycles. The molecule has 0 N–H and O–H groups in total. The van der Waals surface area contributed by atoms with E-state index in [4.69, 9.17) is 4.74 Å². The Labute approximate surface area is 127 Å². The van der Waals surface area contributed by atoms with Gasteiger partial charge < -0.3 is 4.74 Å². The lowest BCUT2D eigenvalue weighted by molar-refractivity contribution is -0.385. The molecule has 2 unspecified atom stereocenters. The second-order valence-electron chi connectivity index (χ2n) is 5.41. The molecule has 0 amide bonds. The normalized spacial score (nSPS) is 23.1. The lowest BCUT2D eigenvalue weighted by atomic mass is 9.92. The zero-order valence-electron chi connectivity index (χ0n) is 11.7. The highest BCUT2D eigenvalue weighted by Gasteiger charge is 2.22. The third-order valence-electron chi connectivity index (χ3n) is 3.96. The van der Waals surface area contributed by atoms with Crippen LogP contribution in [0.15, 0.2) is 18.2 Å². The number of rotatable bonds is 4. The topological polar surface area (TPSA) is 52.4 Å². The molecule has 1 fully saturated rings. The first-order chi connectivity index (χ1) is 9.60. The fourth-order valence-electron chi connectivity index (χ4n) is 2.86. The molecular weight excluding hydrogens is 322 g/mol. The average Bonchev–Trinajstić information content (AvgIpc) is 2.64. The highest BCUT2D eigenvalue weighted by molar-refractivity contribution is 9.09. The largest absolute Gasteiger partial charge is 0.496 e. The van der Waals surface area contributed by atoms with Crippen LogP contribution in [0.25, 0.3) is 0 Å².